The molecule has 1 heterocycles. The second kappa shape index (κ2) is 7.57. The first kappa shape index (κ1) is 17.3. The third-order valence-corrected chi connectivity index (χ3v) is 4.21. The highest BCUT2D eigenvalue weighted by Gasteiger charge is 2.22. The molecule has 0 unspecified atom stereocenters. The molecule has 0 radical (unpaired) electrons. The summed E-state index contributed by atoms with van der Waals surface area (Å²) < 4.78 is 5.73. The van der Waals surface area contributed by atoms with Gasteiger partial charge in [0, 0.05) is 35.4 Å². The fraction of sp³-hybridized carbons (Fsp3) is 0.263. The van der Waals surface area contributed by atoms with Gasteiger partial charge in [-0.15, -0.1) is 0 Å². The van der Waals surface area contributed by atoms with E-state index < -0.39 is 6.10 Å². The largest absolute Gasteiger partial charge is 0.481 e. The second-order valence-corrected chi connectivity index (χ2v) is 6.34. The first-order chi connectivity index (χ1) is 12.0. The minimum absolute atomic E-state index is 0.115. The van der Waals surface area contributed by atoms with E-state index in [1.165, 1.54) is 0 Å². The van der Waals surface area contributed by atoms with Gasteiger partial charge < -0.3 is 15.0 Å². The minimum atomic E-state index is -0.691. The maximum Gasteiger partial charge on any atom is 0.265 e. The van der Waals surface area contributed by atoms with Crippen LogP contribution in [0.5, 0.6) is 5.75 Å². The fourth-order valence-electron chi connectivity index (χ4n) is 2.71. The fourth-order valence-corrected chi connectivity index (χ4v) is 2.90. The summed E-state index contributed by atoms with van der Waals surface area (Å²) in [6.07, 6.45) is 0.745. The average Bonchev–Trinajstić information content (AvgIpc) is 3.01. The third kappa shape index (κ3) is 4.31. The zero-order valence-electron chi connectivity index (χ0n) is 13.9. The Hall–Kier alpha value is -2.53. The highest BCUT2D eigenvalue weighted by molar-refractivity contribution is 6.30. The van der Waals surface area contributed by atoms with Crippen LogP contribution in [-0.2, 0) is 9.59 Å². The molecule has 1 atom stereocenters. The van der Waals surface area contributed by atoms with E-state index in [1.807, 2.05) is 12.1 Å². The number of carbonyl (C=O) groups is 2. The number of ether oxygens (including phenoxy) is 1. The number of nitrogens with zero attached hydrogens (tertiary/aromatic N) is 1. The van der Waals surface area contributed by atoms with Crippen molar-refractivity contribution in [1.82, 2.24) is 0 Å². The molecule has 1 N–H and O–H groups in total. The van der Waals surface area contributed by atoms with Gasteiger partial charge in [0.1, 0.15) is 5.75 Å². The molecule has 130 valence electrons. The van der Waals surface area contributed by atoms with Crippen molar-refractivity contribution in [2.75, 3.05) is 16.8 Å². The summed E-state index contributed by atoms with van der Waals surface area (Å²) in [6, 6.07) is 14.2. The van der Waals surface area contributed by atoms with Crippen molar-refractivity contribution in [2.45, 2.75) is 25.9 Å². The molecule has 5 nitrogen and oxygen atoms in total. The van der Waals surface area contributed by atoms with Crippen molar-refractivity contribution in [2.24, 2.45) is 0 Å². The van der Waals surface area contributed by atoms with E-state index in [0.29, 0.717) is 29.4 Å². The van der Waals surface area contributed by atoms with E-state index in [1.54, 1.807) is 48.2 Å². The first-order valence-electron chi connectivity index (χ1n) is 8.16. The van der Waals surface area contributed by atoms with Gasteiger partial charge in [-0.25, -0.2) is 0 Å². The molecule has 1 fully saturated rings. The van der Waals surface area contributed by atoms with Crippen LogP contribution in [0.1, 0.15) is 19.8 Å². The number of rotatable bonds is 5. The Morgan fingerprint density at radius 1 is 1.24 bits per heavy atom. The second-order valence-electron chi connectivity index (χ2n) is 5.91. The predicted molar refractivity (Wildman–Crippen MR) is 98.2 cm³/mol. The molecule has 0 spiro atoms. The molecule has 1 aliphatic rings. The Labute approximate surface area is 151 Å². The van der Waals surface area contributed by atoms with E-state index in [2.05, 4.69) is 5.32 Å². The van der Waals surface area contributed by atoms with Crippen LogP contribution in [0.4, 0.5) is 11.4 Å². The van der Waals surface area contributed by atoms with Crippen molar-refractivity contribution < 1.29 is 14.3 Å². The van der Waals surface area contributed by atoms with Crippen LogP contribution in [0.25, 0.3) is 0 Å². The Kier molecular flexibility index (Phi) is 5.24. The van der Waals surface area contributed by atoms with Gasteiger partial charge in [-0.05, 0) is 43.7 Å². The number of amides is 2. The van der Waals surface area contributed by atoms with Gasteiger partial charge in [0.25, 0.3) is 5.91 Å². The molecular weight excluding hydrogens is 340 g/mol. The number of halogens is 1. The van der Waals surface area contributed by atoms with Gasteiger partial charge >= 0.3 is 0 Å². The van der Waals surface area contributed by atoms with Crippen molar-refractivity contribution in [3.8, 4) is 5.75 Å². The highest BCUT2D eigenvalue weighted by Crippen LogP contribution is 2.26. The average molecular weight is 359 g/mol. The summed E-state index contributed by atoms with van der Waals surface area (Å²) in [5, 5.41) is 3.32. The van der Waals surface area contributed by atoms with Gasteiger partial charge in [-0.1, -0.05) is 23.7 Å². The molecule has 2 aromatic rings. The first-order valence-corrected chi connectivity index (χ1v) is 8.54. The van der Waals surface area contributed by atoms with Crippen LogP contribution in [0.2, 0.25) is 5.02 Å². The van der Waals surface area contributed by atoms with E-state index in [4.69, 9.17) is 16.3 Å². The topological polar surface area (TPSA) is 58.6 Å². The number of benzene rings is 2. The summed E-state index contributed by atoms with van der Waals surface area (Å²) in [4.78, 5) is 25.9. The third-order valence-electron chi connectivity index (χ3n) is 3.98. The molecular formula is C19H19ClN2O3. The van der Waals surface area contributed by atoms with Crippen LogP contribution in [0.15, 0.2) is 48.5 Å². The molecule has 0 bridgehead atoms. The van der Waals surface area contributed by atoms with Crippen LogP contribution in [0, 0.1) is 0 Å². The highest BCUT2D eigenvalue weighted by atomic mass is 35.5. The predicted octanol–water partition coefficient (Wildman–Crippen LogP) is 3.87. The van der Waals surface area contributed by atoms with Crippen molar-refractivity contribution in [1.29, 1.82) is 0 Å². The number of hydrogen-bond donors (Lipinski definition) is 1. The molecule has 2 amide bonds. The quantitative estimate of drug-likeness (QED) is 0.882. The lowest BCUT2D eigenvalue weighted by Gasteiger charge is -2.19. The van der Waals surface area contributed by atoms with Crippen molar-refractivity contribution in [3.05, 3.63) is 53.6 Å². The molecule has 3 rings (SSSR count). The summed E-state index contributed by atoms with van der Waals surface area (Å²) in [7, 11) is 0. The number of anilines is 2. The molecule has 6 heteroatoms. The van der Waals surface area contributed by atoms with Gasteiger partial charge in [0.15, 0.2) is 6.10 Å². The van der Waals surface area contributed by atoms with Crippen LogP contribution < -0.4 is 15.0 Å². The molecule has 0 aromatic heterocycles. The summed E-state index contributed by atoms with van der Waals surface area (Å²) in [5.74, 6) is 0.389. The normalized spacial score (nSPS) is 15.1. The Morgan fingerprint density at radius 3 is 2.76 bits per heavy atom. The Morgan fingerprint density at radius 2 is 2.04 bits per heavy atom. The lowest BCUT2D eigenvalue weighted by Crippen LogP contribution is -2.30. The number of hydrogen-bond acceptors (Lipinski definition) is 3. The maximum absolute atomic E-state index is 12.3. The zero-order valence-corrected chi connectivity index (χ0v) is 14.6. The molecule has 0 saturated carbocycles. The Bertz CT molecular complexity index is 794. The van der Waals surface area contributed by atoms with Gasteiger partial charge in [-0.3, -0.25) is 9.59 Å². The standard InChI is InChI=1S/C19H19ClN2O3/c1-13(19(24)21-15-6-2-5-14(20)11-15)25-17-8-3-7-16(12-17)22-10-4-9-18(22)23/h2-3,5-8,11-13H,4,9-10H2,1H3,(H,21,24)/t13-/m0/s1. The smallest absolute Gasteiger partial charge is 0.265 e. The van der Waals surface area contributed by atoms with Gasteiger partial charge in [-0.2, -0.15) is 0 Å². The summed E-state index contributed by atoms with van der Waals surface area (Å²) >= 11 is 5.91. The van der Waals surface area contributed by atoms with E-state index in [9.17, 15) is 9.59 Å². The van der Waals surface area contributed by atoms with Crippen molar-refractivity contribution >= 4 is 34.8 Å². The molecule has 25 heavy (non-hydrogen) atoms. The van der Waals surface area contributed by atoms with Gasteiger partial charge in [0.05, 0.1) is 0 Å². The van der Waals surface area contributed by atoms with Crippen LogP contribution in [-0.4, -0.2) is 24.5 Å². The van der Waals surface area contributed by atoms with E-state index in [-0.39, 0.29) is 11.8 Å². The molecule has 1 aliphatic heterocycles. The molecule has 1 saturated heterocycles. The van der Waals surface area contributed by atoms with Crippen LogP contribution >= 0.6 is 11.6 Å². The van der Waals surface area contributed by atoms with E-state index in [0.717, 1.165) is 12.1 Å². The maximum atomic E-state index is 12.3. The lowest BCUT2D eigenvalue weighted by molar-refractivity contribution is -0.122. The SMILES string of the molecule is C[C@H](Oc1cccc(N2CCCC2=O)c1)C(=O)Nc1cccc(Cl)c1. The molecule has 2 aromatic carbocycles. The van der Waals surface area contributed by atoms with Gasteiger partial charge in [0.2, 0.25) is 5.91 Å². The number of nitrogens with one attached hydrogen (secondary N) is 1. The number of carbonyl (C=O) groups excluding carboxylic acids is 2. The molecule has 0 aliphatic carbocycles. The summed E-state index contributed by atoms with van der Waals surface area (Å²) in [6.45, 7) is 2.39. The summed E-state index contributed by atoms with van der Waals surface area (Å²) in [5.41, 5.74) is 1.41. The monoisotopic (exact) mass is 358 g/mol. The Balaban J connectivity index is 1.65. The van der Waals surface area contributed by atoms with Crippen molar-refractivity contribution in [3.63, 3.8) is 0 Å². The van der Waals surface area contributed by atoms with E-state index >= 15 is 0 Å². The minimum Gasteiger partial charge on any atom is -0.481 e. The zero-order chi connectivity index (χ0) is 17.8. The van der Waals surface area contributed by atoms with Crippen LogP contribution in [0.3, 0.4) is 0 Å². The lowest BCUT2D eigenvalue weighted by atomic mass is 10.2.